The number of rotatable bonds is 5. The summed E-state index contributed by atoms with van der Waals surface area (Å²) in [6.45, 7) is 5.60. The quantitative estimate of drug-likeness (QED) is 0.813. The fourth-order valence-electron chi connectivity index (χ4n) is 1.30. The Labute approximate surface area is 117 Å². The molecule has 0 spiro atoms. The Kier molecular flexibility index (Phi) is 6.11. The fourth-order valence-corrected chi connectivity index (χ4v) is 1.94. The molecule has 0 saturated carbocycles. The number of amides is 1. The third-order valence-electron chi connectivity index (χ3n) is 1.95. The second-order valence-corrected chi connectivity index (χ2v) is 6.04. The van der Waals surface area contributed by atoms with E-state index in [0.717, 1.165) is 5.69 Å². The summed E-state index contributed by atoms with van der Waals surface area (Å²) < 4.78 is 5.17. The van der Waals surface area contributed by atoms with Crippen LogP contribution in [0.3, 0.4) is 0 Å². The van der Waals surface area contributed by atoms with Gasteiger partial charge in [0.1, 0.15) is 5.60 Å². The summed E-state index contributed by atoms with van der Waals surface area (Å²) in [5.74, 6) is 1.37. The van der Waals surface area contributed by atoms with Gasteiger partial charge in [0, 0.05) is 23.4 Å². The molecule has 1 heterocycles. The second kappa shape index (κ2) is 7.35. The smallest absolute Gasteiger partial charge is 0.412 e. The molecular formula is C13H20N2O3S. The summed E-state index contributed by atoms with van der Waals surface area (Å²) in [5, 5.41) is 11.4. The second-order valence-electron chi connectivity index (χ2n) is 4.94. The Hall–Kier alpha value is -1.27. The van der Waals surface area contributed by atoms with Crippen molar-refractivity contribution >= 4 is 23.5 Å². The zero-order valence-electron chi connectivity index (χ0n) is 11.5. The van der Waals surface area contributed by atoms with E-state index in [9.17, 15) is 4.79 Å². The average Bonchev–Trinajstić information content (AvgIpc) is 2.27. The molecule has 6 heteroatoms. The first-order valence-electron chi connectivity index (χ1n) is 6.04. The number of hydrogen-bond acceptors (Lipinski definition) is 5. The van der Waals surface area contributed by atoms with Crippen molar-refractivity contribution in [3.05, 3.63) is 24.0 Å². The molecule has 0 bridgehead atoms. The van der Waals surface area contributed by atoms with E-state index in [1.807, 2.05) is 20.8 Å². The average molecular weight is 284 g/mol. The molecule has 1 amide bonds. The van der Waals surface area contributed by atoms with Gasteiger partial charge >= 0.3 is 6.09 Å². The van der Waals surface area contributed by atoms with Gasteiger partial charge < -0.3 is 9.84 Å². The number of hydrogen-bond donors (Lipinski definition) is 2. The van der Waals surface area contributed by atoms with E-state index in [0.29, 0.717) is 17.2 Å². The van der Waals surface area contributed by atoms with Gasteiger partial charge in [-0.2, -0.15) is 11.8 Å². The number of aliphatic hydroxyl groups excluding tert-OH is 1. The molecule has 0 aliphatic rings. The van der Waals surface area contributed by atoms with Crippen LogP contribution in [0, 0.1) is 0 Å². The number of nitrogens with one attached hydrogen (secondary N) is 1. The molecule has 1 rings (SSSR count). The molecule has 2 N–H and O–H groups in total. The minimum Gasteiger partial charge on any atom is -0.444 e. The standard InChI is InChI=1S/C13H20N2O3S/c1-13(2,3)18-12(17)15-10-4-5-14-11(8-10)9-19-7-6-16/h4-5,8,16H,6-7,9H2,1-3H3,(H,14,15,17). The molecule has 5 nitrogen and oxygen atoms in total. The molecule has 1 aromatic heterocycles. The van der Waals surface area contributed by atoms with E-state index in [2.05, 4.69) is 10.3 Å². The Morgan fingerprint density at radius 3 is 2.89 bits per heavy atom. The van der Waals surface area contributed by atoms with Crippen molar-refractivity contribution in [2.24, 2.45) is 0 Å². The zero-order chi connectivity index (χ0) is 14.3. The summed E-state index contributed by atoms with van der Waals surface area (Å²) in [7, 11) is 0. The van der Waals surface area contributed by atoms with E-state index in [1.165, 1.54) is 0 Å². The third kappa shape index (κ3) is 7.03. The topological polar surface area (TPSA) is 71.5 Å². The van der Waals surface area contributed by atoms with E-state index >= 15 is 0 Å². The maximum absolute atomic E-state index is 11.6. The number of ether oxygens (including phenoxy) is 1. The predicted octanol–water partition coefficient (Wildman–Crippen LogP) is 2.65. The van der Waals surface area contributed by atoms with Gasteiger partial charge in [-0.1, -0.05) is 0 Å². The highest BCUT2D eigenvalue weighted by Gasteiger charge is 2.16. The van der Waals surface area contributed by atoms with Crippen molar-refractivity contribution in [3.63, 3.8) is 0 Å². The van der Waals surface area contributed by atoms with Crippen molar-refractivity contribution in [2.45, 2.75) is 32.1 Å². The van der Waals surface area contributed by atoms with Crippen molar-refractivity contribution in [3.8, 4) is 0 Å². The van der Waals surface area contributed by atoms with Crippen molar-refractivity contribution in [1.29, 1.82) is 0 Å². The van der Waals surface area contributed by atoms with Crippen LogP contribution in [0.15, 0.2) is 18.3 Å². The number of thioether (sulfide) groups is 1. The molecule has 0 atom stereocenters. The highest BCUT2D eigenvalue weighted by molar-refractivity contribution is 7.98. The van der Waals surface area contributed by atoms with Crippen LogP contribution in [0.2, 0.25) is 0 Å². The zero-order valence-corrected chi connectivity index (χ0v) is 12.3. The van der Waals surface area contributed by atoms with Crippen LogP contribution in [-0.2, 0) is 10.5 Å². The highest BCUT2D eigenvalue weighted by Crippen LogP contribution is 2.15. The van der Waals surface area contributed by atoms with Crippen LogP contribution in [0.5, 0.6) is 0 Å². The molecule has 0 radical (unpaired) electrons. The minimum absolute atomic E-state index is 0.153. The van der Waals surface area contributed by atoms with Crippen LogP contribution in [0.25, 0.3) is 0 Å². The van der Waals surface area contributed by atoms with E-state index in [4.69, 9.17) is 9.84 Å². The van der Waals surface area contributed by atoms with Crippen molar-refractivity contribution in [1.82, 2.24) is 4.98 Å². The lowest BCUT2D eigenvalue weighted by atomic mass is 10.2. The van der Waals surface area contributed by atoms with Gasteiger partial charge in [-0.3, -0.25) is 10.3 Å². The van der Waals surface area contributed by atoms with Crippen molar-refractivity contribution < 1.29 is 14.6 Å². The SMILES string of the molecule is CC(C)(C)OC(=O)Nc1ccnc(CSCCO)c1. The largest absolute Gasteiger partial charge is 0.444 e. The van der Waals surface area contributed by atoms with Gasteiger partial charge in [0.2, 0.25) is 0 Å². The minimum atomic E-state index is -0.517. The molecule has 0 aliphatic heterocycles. The lowest BCUT2D eigenvalue weighted by Crippen LogP contribution is -2.27. The van der Waals surface area contributed by atoms with Gasteiger partial charge in [0.15, 0.2) is 0 Å². The maximum atomic E-state index is 11.6. The number of carbonyl (C=O) groups excluding carboxylic acids is 1. The van der Waals surface area contributed by atoms with Crippen molar-refractivity contribution in [2.75, 3.05) is 17.7 Å². The molecule has 0 unspecified atom stereocenters. The van der Waals surface area contributed by atoms with Crippen LogP contribution >= 0.6 is 11.8 Å². The van der Waals surface area contributed by atoms with Gasteiger partial charge in [-0.05, 0) is 32.9 Å². The van der Waals surface area contributed by atoms with Gasteiger partial charge in [0.25, 0.3) is 0 Å². The number of nitrogens with zero attached hydrogens (tertiary/aromatic N) is 1. The predicted molar refractivity (Wildman–Crippen MR) is 77.3 cm³/mol. The molecular weight excluding hydrogens is 264 g/mol. The Bertz CT molecular complexity index is 419. The van der Waals surface area contributed by atoms with Gasteiger partial charge in [-0.15, -0.1) is 0 Å². The van der Waals surface area contributed by atoms with Crippen LogP contribution in [-0.4, -0.2) is 34.1 Å². The highest BCUT2D eigenvalue weighted by atomic mass is 32.2. The van der Waals surface area contributed by atoms with Crippen LogP contribution < -0.4 is 5.32 Å². The first-order chi connectivity index (χ1) is 8.90. The van der Waals surface area contributed by atoms with Crippen LogP contribution in [0.4, 0.5) is 10.5 Å². The number of aliphatic hydroxyl groups is 1. The Morgan fingerprint density at radius 1 is 1.53 bits per heavy atom. The molecule has 0 saturated heterocycles. The van der Waals surface area contributed by atoms with Crippen LogP contribution in [0.1, 0.15) is 26.5 Å². The molecule has 106 valence electrons. The fraction of sp³-hybridized carbons (Fsp3) is 0.538. The lowest BCUT2D eigenvalue weighted by Gasteiger charge is -2.19. The third-order valence-corrected chi connectivity index (χ3v) is 2.92. The Balaban J connectivity index is 2.54. The van der Waals surface area contributed by atoms with Gasteiger partial charge in [0.05, 0.1) is 12.3 Å². The monoisotopic (exact) mass is 284 g/mol. The van der Waals surface area contributed by atoms with E-state index in [1.54, 1.807) is 30.1 Å². The maximum Gasteiger partial charge on any atom is 0.412 e. The van der Waals surface area contributed by atoms with E-state index < -0.39 is 11.7 Å². The first-order valence-corrected chi connectivity index (χ1v) is 7.20. The first kappa shape index (κ1) is 15.8. The Morgan fingerprint density at radius 2 is 2.26 bits per heavy atom. The van der Waals surface area contributed by atoms with Gasteiger partial charge in [-0.25, -0.2) is 4.79 Å². The molecule has 0 aromatic carbocycles. The summed E-state index contributed by atoms with van der Waals surface area (Å²) in [5.41, 5.74) is 0.993. The van der Waals surface area contributed by atoms with E-state index in [-0.39, 0.29) is 6.61 Å². The summed E-state index contributed by atoms with van der Waals surface area (Å²) in [4.78, 5) is 15.8. The number of pyridine rings is 1. The summed E-state index contributed by atoms with van der Waals surface area (Å²) in [6, 6.07) is 3.51. The molecule has 0 aliphatic carbocycles. The number of carbonyl (C=O) groups is 1. The normalized spacial score (nSPS) is 11.2. The molecule has 19 heavy (non-hydrogen) atoms. The number of aromatic nitrogens is 1. The summed E-state index contributed by atoms with van der Waals surface area (Å²) >= 11 is 1.59. The number of anilines is 1. The summed E-state index contributed by atoms with van der Waals surface area (Å²) in [6.07, 6.45) is 1.16. The molecule has 0 fully saturated rings. The molecule has 1 aromatic rings. The lowest BCUT2D eigenvalue weighted by molar-refractivity contribution is 0.0636.